The van der Waals surface area contributed by atoms with Gasteiger partial charge in [-0.15, -0.1) is 36.2 Å². The topological polar surface area (TPSA) is 38.9 Å². The van der Waals surface area contributed by atoms with E-state index in [0.29, 0.717) is 0 Å². The van der Waals surface area contributed by atoms with Gasteiger partial charge in [-0.05, 0) is 26.2 Å². The Bertz CT molecular complexity index is 284. The van der Waals surface area contributed by atoms with Crippen molar-refractivity contribution in [2.24, 2.45) is 5.73 Å². The largest absolute Gasteiger partial charge is 0.325 e. The van der Waals surface area contributed by atoms with E-state index in [1.807, 2.05) is 6.92 Å². The van der Waals surface area contributed by atoms with Gasteiger partial charge in [-0.25, -0.2) is 4.98 Å². The number of rotatable bonds is 2. The lowest BCUT2D eigenvalue weighted by atomic mass is 9.75. The van der Waals surface area contributed by atoms with E-state index in [1.54, 1.807) is 11.3 Å². The molecule has 1 aromatic rings. The molecule has 1 fully saturated rings. The van der Waals surface area contributed by atoms with Gasteiger partial charge in [0.15, 0.2) is 0 Å². The van der Waals surface area contributed by atoms with Gasteiger partial charge in [0.2, 0.25) is 0 Å². The molecular weight excluding hydrogens is 239 g/mol. The van der Waals surface area contributed by atoms with Gasteiger partial charge in [0.1, 0.15) is 0 Å². The lowest BCUT2D eigenvalue weighted by Gasteiger charge is -2.37. The molecule has 1 aromatic heterocycles. The van der Waals surface area contributed by atoms with Crippen molar-refractivity contribution in [3.8, 4) is 0 Å². The van der Waals surface area contributed by atoms with Crippen LogP contribution in [0.5, 0.6) is 0 Å². The van der Waals surface area contributed by atoms with Gasteiger partial charge in [0, 0.05) is 17.3 Å². The van der Waals surface area contributed by atoms with Crippen LogP contribution in [0.15, 0.2) is 5.38 Å². The summed E-state index contributed by atoms with van der Waals surface area (Å²) < 4.78 is 0. The predicted octanol–water partition coefficient (Wildman–Crippen LogP) is 2.72. The van der Waals surface area contributed by atoms with E-state index in [4.69, 9.17) is 5.73 Å². The number of hydrogen-bond acceptors (Lipinski definition) is 3. The first-order valence-electron chi connectivity index (χ1n) is 4.38. The second-order valence-corrected chi connectivity index (χ2v) is 4.81. The van der Waals surface area contributed by atoms with Crippen LogP contribution in [0.1, 0.15) is 30.0 Å². The van der Waals surface area contributed by atoms with Crippen LogP contribution in [0.25, 0.3) is 0 Å². The minimum Gasteiger partial charge on any atom is -0.325 e. The van der Waals surface area contributed by atoms with Gasteiger partial charge in [0.25, 0.3) is 0 Å². The molecule has 1 heterocycles. The summed E-state index contributed by atoms with van der Waals surface area (Å²) in [5.74, 6) is 0. The summed E-state index contributed by atoms with van der Waals surface area (Å²) >= 11 is 1.71. The van der Waals surface area contributed by atoms with Crippen molar-refractivity contribution in [1.82, 2.24) is 4.98 Å². The second kappa shape index (κ2) is 5.31. The minimum atomic E-state index is 0. The monoisotopic (exact) mass is 254 g/mol. The first kappa shape index (κ1) is 14.2. The molecule has 0 unspecified atom stereocenters. The standard InChI is InChI=1S/C9H14N2S.2ClH/c1-7-11-8(6-12-7)5-9(10)3-2-4-9;;/h6H,2-5,10H2,1H3;2*1H. The van der Waals surface area contributed by atoms with Crippen LogP contribution in [0.4, 0.5) is 0 Å². The van der Waals surface area contributed by atoms with Crippen LogP contribution in [0.3, 0.4) is 0 Å². The predicted molar refractivity (Wildman–Crippen MR) is 65.8 cm³/mol. The molecule has 0 saturated heterocycles. The number of thiazole rings is 1. The number of halogens is 2. The highest BCUT2D eigenvalue weighted by atomic mass is 35.5. The maximum atomic E-state index is 6.11. The molecule has 0 spiro atoms. The van der Waals surface area contributed by atoms with E-state index in [-0.39, 0.29) is 30.4 Å². The maximum absolute atomic E-state index is 6.11. The van der Waals surface area contributed by atoms with E-state index >= 15 is 0 Å². The third-order valence-electron chi connectivity index (χ3n) is 2.55. The first-order valence-corrected chi connectivity index (χ1v) is 5.26. The Kier molecular flexibility index (Phi) is 5.37. The number of hydrogen-bond donors (Lipinski definition) is 1. The fourth-order valence-electron chi connectivity index (χ4n) is 1.66. The van der Waals surface area contributed by atoms with Crippen molar-refractivity contribution in [3.63, 3.8) is 0 Å². The molecule has 2 nitrogen and oxygen atoms in total. The molecule has 0 aromatic carbocycles. The zero-order valence-corrected chi connectivity index (χ0v) is 10.6. The fourth-order valence-corrected chi connectivity index (χ4v) is 2.27. The lowest BCUT2D eigenvalue weighted by Crippen LogP contribution is -2.48. The summed E-state index contributed by atoms with van der Waals surface area (Å²) in [6, 6.07) is 0. The van der Waals surface area contributed by atoms with Crippen LogP contribution in [-0.4, -0.2) is 10.5 Å². The van der Waals surface area contributed by atoms with Gasteiger partial charge in [-0.1, -0.05) is 0 Å². The van der Waals surface area contributed by atoms with Gasteiger partial charge in [0.05, 0.1) is 10.7 Å². The Morgan fingerprint density at radius 2 is 2.14 bits per heavy atom. The van der Waals surface area contributed by atoms with Crippen LogP contribution in [-0.2, 0) is 6.42 Å². The fraction of sp³-hybridized carbons (Fsp3) is 0.667. The summed E-state index contributed by atoms with van der Waals surface area (Å²) in [5.41, 5.74) is 7.37. The first-order chi connectivity index (χ1) is 5.68. The third kappa shape index (κ3) is 3.09. The van der Waals surface area contributed by atoms with Crippen molar-refractivity contribution in [3.05, 3.63) is 16.1 Å². The average molecular weight is 255 g/mol. The summed E-state index contributed by atoms with van der Waals surface area (Å²) in [5, 5.41) is 3.27. The van der Waals surface area contributed by atoms with Crippen LogP contribution in [0.2, 0.25) is 0 Å². The summed E-state index contributed by atoms with van der Waals surface area (Å²) in [6.07, 6.45) is 4.60. The third-order valence-corrected chi connectivity index (χ3v) is 3.37. The Morgan fingerprint density at radius 1 is 1.50 bits per heavy atom. The van der Waals surface area contributed by atoms with Crippen LogP contribution in [0, 0.1) is 6.92 Å². The molecular formula is C9H16Cl2N2S. The highest BCUT2D eigenvalue weighted by Crippen LogP contribution is 2.32. The molecule has 5 heteroatoms. The number of aryl methyl sites for hydroxylation is 1. The van der Waals surface area contributed by atoms with Crippen molar-refractivity contribution < 1.29 is 0 Å². The SMILES string of the molecule is Cc1nc(CC2(N)CCC2)cs1.Cl.Cl. The van der Waals surface area contributed by atoms with Crippen molar-refractivity contribution in [2.75, 3.05) is 0 Å². The van der Waals surface area contributed by atoms with Crippen LogP contribution < -0.4 is 5.73 Å². The number of nitrogens with zero attached hydrogens (tertiary/aromatic N) is 1. The van der Waals surface area contributed by atoms with Crippen molar-refractivity contribution >= 4 is 36.2 Å². The van der Waals surface area contributed by atoms with Gasteiger partial charge >= 0.3 is 0 Å². The zero-order valence-electron chi connectivity index (χ0n) is 8.16. The van der Waals surface area contributed by atoms with E-state index in [9.17, 15) is 0 Å². The quantitative estimate of drug-likeness (QED) is 0.882. The van der Waals surface area contributed by atoms with Crippen molar-refractivity contribution in [2.45, 2.75) is 38.1 Å². The molecule has 0 atom stereocenters. The molecule has 2 N–H and O–H groups in total. The van der Waals surface area contributed by atoms with E-state index < -0.39 is 0 Å². The average Bonchev–Trinajstić information content (AvgIpc) is 2.32. The van der Waals surface area contributed by atoms with Gasteiger partial charge in [-0.2, -0.15) is 0 Å². The maximum Gasteiger partial charge on any atom is 0.0897 e. The van der Waals surface area contributed by atoms with E-state index in [1.165, 1.54) is 25.0 Å². The molecule has 0 amide bonds. The van der Waals surface area contributed by atoms with Crippen LogP contribution >= 0.6 is 36.2 Å². The Morgan fingerprint density at radius 3 is 2.50 bits per heavy atom. The Labute approximate surface area is 101 Å². The molecule has 1 saturated carbocycles. The van der Waals surface area contributed by atoms with Crippen molar-refractivity contribution in [1.29, 1.82) is 0 Å². The molecule has 0 radical (unpaired) electrons. The number of nitrogens with two attached hydrogens (primary N) is 1. The molecule has 0 bridgehead atoms. The molecule has 82 valence electrons. The lowest BCUT2D eigenvalue weighted by molar-refractivity contribution is 0.246. The van der Waals surface area contributed by atoms with E-state index in [2.05, 4.69) is 10.4 Å². The normalized spacial score (nSPS) is 17.6. The molecule has 14 heavy (non-hydrogen) atoms. The molecule has 2 rings (SSSR count). The molecule has 1 aliphatic carbocycles. The highest BCUT2D eigenvalue weighted by molar-refractivity contribution is 7.09. The zero-order chi connectivity index (χ0) is 8.60. The smallest absolute Gasteiger partial charge is 0.0897 e. The number of aromatic nitrogens is 1. The van der Waals surface area contributed by atoms with E-state index in [0.717, 1.165) is 11.4 Å². The molecule has 1 aliphatic rings. The second-order valence-electron chi connectivity index (χ2n) is 3.75. The Balaban J connectivity index is 0.000000845. The molecule has 0 aliphatic heterocycles. The Hall–Kier alpha value is 0.170. The van der Waals surface area contributed by atoms with Gasteiger partial charge in [-0.3, -0.25) is 0 Å². The summed E-state index contributed by atoms with van der Waals surface area (Å²) in [4.78, 5) is 4.42. The summed E-state index contributed by atoms with van der Waals surface area (Å²) in [6.45, 7) is 2.04. The highest BCUT2D eigenvalue weighted by Gasteiger charge is 2.32. The van der Waals surface area contributed by atoms with Gasteiger partial charge < -0.3 is 5.73 Å². The minimum absolute atomic E-state index is 0. The summed E-state index contributed by atoms with van der Waals surface area (Å²) in [7, 11) is 0.